The van der Waals surface area contributed by atoms with Gasteiger partial charge >= 0.3 is 5.97 Å². The van der Waals surface area contributed by atoms with E-state index in [1.165, 1.54) is 7.11 Å². The molecule has 110 valence electrons. The Kier molecular flexibility index (Phi) is 4.65. The minimum atomic E-state index is -1.01. The first-order valence-electron chi connectivity index (χ1n) is 7.16. The second-order valence-corrected chi connectivity index (χ2v) is 4.89. The molecule has 1 aromatic rings. The number of hydrogen-bond acceptors (Lipinski definition) is 4. The van der Waals surface area contributed by atoms with Crippen molar-refractivity contribution in [2.45, 2.75) is 38.7 Å². The monoisotopic (exact) mass is 278 g/mol. The van der Waals surface area contributed by atoms with E-state index in [4.69, 9.17) is 14.2 Å². The smallest absolute Gasteiger partial charge is 0.342 e. The minimum Gasteiger partial charge on any atom is -0.493 e. The Bertz CT molecular complexity index is 475. The zero-order valence-electron chi connectivity index (χ0n) is 12.4. The highest BCUT2D eigenvalue weighted by Crippen LogP contribution is 2.42. The fourth-order valence-electron chi connectivity index (χ4n) is 2.68. The first-order valence-corrected chi connectivity index (χ1v) is 7.16. The van der Waals surface area contributed by atoms with Gasteiger partial charge in [-0.25, -0.2) is 4.79 Å². The Morgan fingerprint density at radius 2 is 2.20 bits per heavy atom. The van der Waals surface area contributed by atoms with Gasteiger partial charge in [0.05, 0.1) is 13.7 Å². The van der Waals surface area contributed by atoms with Crippen LogP contribution in [0.1, 0.15) is 37.8 Å². The number of ether oxygens (including phenoxy) is 3. The number of aryl methyl sites for hydroxylation is 1. The number of esters is 1. The van der Waals surface area contributed by atoms with Gasteiger partial charge in [0.2, 0.25) is 0 Å². The van der Waals surface area contributed by atoms with E-state index in [-0.39, 0.29) is 5.97 Å². The van der Waals surface area contributed by atoms with E-state index < -0.39 is 5.60 Å². The van der Waals surface area contributed by atoms with Gasteiger partial charge < -0.3 is 14.2 Å². The Morgan fingerprint density at radius 1 is 1.40 bits per heavy atom. The van der Waals surface area contributed by atoms with Crippen LogP contribution in [0.15, 0.2) is 18.2 Å². The molecule has 0 aliphatic carbocycles. The van der Waals surface area contributed by atoms with Gasteiger partial charge in [0.15, 0.2) is 5.60 Å². The standard InChI is InChI=1S/C16H22O4/c1-4-12-7-8-14(19-5-2)13(11-12)16(15(17)18-3)9-6-10-20-16/h7-8,11H,4-6,9-10H2,1-3H3. The van der Waals surface area contributed by atoms with Gasteiger partial charge in [-0.1, -0.05) is 13.0 Å². The van der Waals surface area contributed by atoms with E-state index in [1.807, 2.05) is 25.1 Å². The van der Waals surface area contributed by atoms with E-state index in [0.717, 1.165) is 24.0 Å². The van der Waals surface area contributed by atoms with Crippen molar-refractivity contribution in [3.05, 3.63) is 29.3 Å². The first kappa shape index (κ1) is 14.9. The van der Waals surface area contributed by atoms with Crippen molar-refractivity contribution in [3.8, 4) is 5.75 Å². The molecule has 1 aliphatic rings. The average molecular weight is 278 g/mol. The normalized spacial score (nSPS) is 21.8. The van der Waals surface area contributed by atoms with Crippen molar-refractivity contribution in [3.63, 3.8) is 0 Å². The summed E-state index contributed by atoms with van der Waals surface area (Å²) in [4.78, 5) is 12.3. The molecule has 0 amide bonds. The van der Waals surface area contributed by atoms with Crippen LogP contribution in [0, 0.1) is 0 Å². The maximum atomic E-state index is 12.3. The molecule has 0 bridgehead atoms. The molecule has 20 heavy (non-hydrogen) atoms. The van der Waals surface area contributed by atoms with Gasteiger partial charge in [0.25, 0.3) is 0 Å². The maximum Gasteiger partial charge on any atom is 0.342 e. The topological polar surface area (TPSA) is 44.8 Å². The highest BCUT2D eigenvalue weighted by molar-refractivity contribution is 5.82. The Hall–Kier alpha value is -1.55. The van der Waals surface area contributed by atoms with Gasteiger partial charge in [0.1, 0.15) is 5.75 Å². The fourth-order valence-corrected chi connectivity index (χ4v) is 2.68. The van der Waals surface area contributed by atoms with Crippen molar-refractivity contribution in [1.29, 1.82) is 0 Å². The molecule has 1 aliphatic heterocycles. The molecule has 0 spiro atoms. The van der Waals surface area contributed by atoms with Crippen molar-refractivity contribution in [2.24, 2.45) is 0 Å². The van der Waals surface area contributed by atoms with Crippen LogP contribution in [0.5, 0.6) is 5.75 Å². The van der Waals surface area contributed by atoms with Crippen molar-refractivity contribution < 1.29 is 19.0 Å². The third-order valence-corrected chi connectivity index (χ3v) is 3.72. The number of hydrogen-bond donors (Lipinski definition) is 0. The number of carbonyl (C=O) groups is 1. The summed E-state index contributed by atoms with van der Waals surface area (Å²) < 4.78 is 16.5. The zero-order chi connectivity index (χ0) is 14.6. The van der Waals surface area contributed by atoms with Gasteiger partial charge in [0, 0.05) is 12.2 Å². The Labute approximate surface area is 120 Å². The molecular weight excluding hydrogens is 256 g/mol. The predicted octanol–water partition coefficient (Wildman–Crippen LogP) is 2.83. The minimum absolute atomic E-state index is 0.343. The maximum absolute atomic E-state index is 12.3. The number of rotatable bonds is 5. The zero-order valence-corrected chi connectivity index (χ0v) is 12.4. The molecule has 1 heterocycles. The molecular formula is C16H22O4. The van der Waals surface area contributed by atoms with Gasteiger partial charge in [-0.05, 0) is 43.9 Å². The molecule has 1 unspecified atom stereocenters. The SMILES string of the molecule is CCOc1ccc(CC)cc1C1(C(=O)OC)CCCO1. The molecule has 4 nitrogen and oxygen atoms in total. The second kappa shape index (κ2) is 6.27. The summed E-state index contributed by atoms with van der Waals surface area (Å²) in [5.41, 5.74) is 0.940. The van der Waals surface area contributed by atoms with Crippen LogP contribution in [0.25, 0.3) is 0 Å². The van der Waals surface area contributed by atoms with Crippen LogP contribution in [0.4, 0.5) is 0 Å². The number of methoxy groups -OCH3 is 1. The quantitative estimate of drug-likeness (QED) is 0.777. The van der Waals surface area contributed by atoms with Crippen LogP contribution in [0.3, 0.4) is 0 Å². The third-order valence-electron chi connectivity index (χ3n) is 3.72. The third kappa shape index (κ3) is 2.52. The molecule has 0 aromatic heterocycles. The van der Waals surface area contributed by atoms with E-state index in [0.29, 0.717) is 25.4 Å². The van der Waals surface area contributed by atoms with E-state index >= 15 is 0 Å². The van der Waals surface area contributed by atoms with Crippen LogP contribution in [-0.4, -0.2) is 26.3 Å². The van der Waals surface area contributed by atoms with Crippen LogP contribution in [0.2, 0.25) is 0 Å². The number of benzene rings is 1. The Morgan fingerprint density at radius 3 is 2.75 bits per heavy atom. The average Bonchev–Trinajstić information content (AvgIpc) is 2.97. The largest absolute Gasteiger partial charge is 0.493 e. The molecule has 2 rings (SSSR count). The molecule has 0 N–H and O–H groups in total. The lowest BCUT2D eigenvalue weighted by atomic mass is 9.88. The molecule has 0 saturated carbocycles. The van der Waals surface area contributed by atoms with Crippen molar-refractivity contribution >= 4 is 5.97 Å². The molecule has 1 atom stereocenters. The lowest BCUT2D eigenvalue weighted by molar-refractivity contribution is -0.165. The van der Waals surface area contributed by atoms with E-state index in [1.54, 1.807) is 0 Å². The predicted molar refractivity (Wildman–Crippen MR) is 75.9 cm³/mol. The summed E-state index contributed by atoms with van der Waals surface area (Å²) in [6, 6.07) is 5.95. The highest BCUT2D eigenvalue weighted by Gasteiger charge is 2.47. The summed E-state index contributed by atoms with van der Waals surface area (Å²) in [6.07, 6.45) is 2.38. The highest BCUT2D eigenvalue weighted by atomic mass is 16.6. The Balaban J connectivity index is 2.53. The van der Waals surface area contributed by atoms with Gasteiger partial charge in [-0.2, -0.15) is 0 Å². The van der Waals surface area contributed by atoms with Crippen LogP contribution < -0.4 is 4.74 Å². The van der Waals surface area contributed by atoms with Gasteiger partial charge in [-0.3, -0.25) is 0 Å². The molecule has 1 fully saturated rings. The molecule has 1 saturated heterocycles. The summed E-state index contributed by atoms with van der Waals surface area (Å²) >= 11 is 0. The second-order valence-electron chi connectivity index (χ2n) is 4.89. The van der Waals surface area contributed by atoms with Crippen LogP contribution >= 0.6 is 0 Å². The van der Waals surface area contributed by atoms with Crippen molar-refractivity contribution in [1.82, 2.24) is 0 Å². The summed E-state index contributed by atoms with van der Waals surface area (Å²) in [7, 11) is 1.40. The summed E-state index contributed by atoms with van der Waals surface area (Å²) in [5.74, 6) is 0.362. The molecule has 0 radical (unpaired) electrons. The van der Waals surface area contributed by atoms with Crippen molar-refractivity contribution in [2.75, 3.05) is 20.3 Å². The first-order chi connectivity index (χ1) is 9.67. The lowest BCUT2D eigenvalue weighted by Crippen LogP contribution is -2.36. The molecule has 1 aromatic carbocycles. The number of carbonyl (C=O) groups excluding carboxylic acids is 1. The van der Waals surface area contributed by atoms with E-state index in [9.17, 15) is 4.79 Å². The fraction of sp³-hybridized carbons (Fsp3) is 0.562. The molecule has 4 heteroatoms. The van der Waals surface area contributed by atoms with Gasteiger partial charge in [-0.15, -0.1) is 0 Å². The lowest BCUT2D eigenvalue weighted by Gasteiger charge is -2.28. The summed E-state index contributed by atoms with van der Waals surface area (Å²) in [6.45, 7) is 5.13. The summed E-state index contributed by atoms with van der Waals surface area (Å²) in [5, 5.41) is 0. The van der Waals surface area contributed by atoms with Crippen LogP contribution in [-0.2, 0) is 26.3 Å². The van der Waals surface area contributed by atoms with E-state index in [2.05, 4.69) is 6.92 Å².